The van der Waals surface area contributed by atoms with Crippen LogP contribution in [-0.4, -0.2) is 12.8 Å². The van der Waals surface area contributed by atoms with E-state index in [2.05, 4.69) is 0 Å². The molecule has 4 heteroatoms. The molecular weight excluding hydrogens is 201 g/mol. The van der Waals surface area contributed by atoms with Crippen molar-refractivity contribution in [2.45, 2.75) is 0 Å². The number of nitro benzene ring substituents is 1. The van der Waals surface area contributed by atoms with Gasteiger partial charge in [0.25, 0.3) is 5.69 Å². The van der Waals surface area contributed by atoms with E-state index in [1.165, 1.54) is 6.07 Å². The molecule has 0 bridgehead atoms. The first kappa shape index (κ1) is 10.4. The Hall–Kier alpha value is -2.10. The smallest absolute Gasteiger partial charge is 0.258 e. The average molecular weight is 211 g/mol. The summed E-state index contributed by atoms with van der Waals surface area (Å²) in [6.07, 6.45) is 0. The highest BCUT2D eigenvalue weighted by Crippen LogP contribution is 2.22. The molecule has 0 aromatic heterocycles. The zero-order valence-corrected chi connectivity index (χ0v) is 8.88. The monoisotopic (exact) mass is 211 g/mol. The summed E-state index contributed by atoms with van der Waals surface area (Å²) in [5.41, 5.74) is 3.14. The Morgan fingerprint density at radius 1 is 1.00 bits per heavy atom. The summed E-state index contributed by atoms with van der Waals surface area (Å²) in [4.78, 5) is 10.3. The Morgan fingerprint density at radius 2 is 1.62 bits per heavy atom. The first-order valence-corrected chi connectivity index (χ1v) is 4.98. The Balaban J connectivity index is 2.48. The maximum atomic E-state index is 10.7. The highest BCUT2D eigenvalue weighted by molar-refractivity contribution is 6.32. The van der Waals surface area contributed by atoms with Gasteiger partial charge < -0.3 is 0 Å². The summed E-state index contributed by atoms with van der Waals surface area (Å²) < 4.78 is 0. The first-order valence-electron chi connectivity index (χ1n) is 4.98. The van der Waals surface area contributed by atoms with Gasteiger partial charge in [-0.05, 0) is 11.1 Å². The van der Waals surface area contributed by atoms with Gasteiger partial charge in [0.1, 0.15) is 7.85 Å². The number of nitrogens with zero attached hydrogens (tertiary/aromatic N) is 1. The number of non-ortho nitro benzene ring substituents is 1. The second-order valence-electron chi connectivity index (χ2n) is 3.68. The second-order valence-corrected chi connectivity index (χ2v) is 3.68. The third-order valence-corrected chi connectivity index (χ3v) is 2.41. The van der Waals surface area contributed by atoms with E-state index < -0.39 is 0 Å². The van der Waals surface area contributed by atoms with Crippen molar-refractivity contribution >= 4 is 19.0 Å². The van der Waals surface area contributed by atoms with Crippen LogP contribution in [-0.2, 0) is 0 Å². The van der Waals surface area contributed by atoms with Crippen molar-refractivity contribution in [2.24, 2.45) is 0 Å². The normalized spacial score (nSPS) is 10.0. The van der Waals surface area contributed by atoms with Crippen LogP contribution < -0.4 is 5.46 Å². The van der Waals surface area contributed by atoms with Crippen LogP contribution in [0.1, 0.15) is 0 Å². The van der Waals surface area contributed by atoms with Crippen LogP contribution in [0.2, 0.25) is 0 Å². The van der Waals surface area contributed by atoms with E-state index in [0.29, 0.717) is 0 Å². The molecule has 0 N–H and O–H groups in total. The largest absolute Gasteiger partial charge is 0.270 e. The van der Waals surface area contributed by atoms with Crippen molar-refractivity contribution in [2.75, 3.05) is 0 Å². The van der Waals surface area contributed by atoms with Gasteiger partial charge in [-0.1, -0.05) is 41.9 Å². The fourth-order valence-corrected chi connectivity index (χ4v) is 1.62. The predicted molar refractivity (Wildman–Crippen MR) is 66.7 cm³/mol. The molecule has 0 heterocycles. The lowest BCUT2D eigenvalue weighted by Gasteiger charge is -2.02. The van der Waals surface area contributed by atoms with Crippen LogP contribution in [0.25, 0.3) is 11.1 Å². The van der Waals surface area contributed by atoms with Gasteiger partial charge in [0.05, 0.1) is 4.92 Å². The molecule has 0 fully saturated rings. The summed E-state index contributed by atoms with van der Waals surface area (Å²) in [6.45, 7) is 0. The number of nitro groups is 1. The molecule has 0 unspecified atom stereocenters. The summed E-state index contributed by atoms with van der Waals surface area (Å²) in [5, 5.41) is 10.7. The van der Waals surface area contributed by atoms with Gasteiger partial charge in [-0.3, -0.25) is 10.1 Å². The number of benzene rings is 2. The first-order chi connectivity index (χ1) is 7.66. The van der Waals surface area contributed by atoms with Gasteiger partial charge in [0.2, 0.25) is 0 Å². The number of hydrogen-bond acceptors (Lipinski definition) is 2. The Morgan fingerprint density at radius 3 is 2.25 bits per heavy atom. The maximum absolute atomic E-state index is 10.7. The van der Waals surface area contributed by atoms with Crippen molar-refractivity contribution in [3.8, 4) is 11.1 Å². The molecule has 0 amide bonds. The lowest BCUT2D eigenvalue weighted by molar-refractivity contribution is -0.384. The summed E-state index contributed by atoms with van der Waals surface area (Å²) in [6, 6.07) is 14.6. The maximum Gasteiger partial charge on any atom is 0.270 e. The molecule has 0 atom stereocenters. The topological polar surface area (TPSA) is 43.1 Å². The molecule has 2 rings (SSSR count). The van der Waals surface area contributed by atoms with Crippen LogP contribution in [0.3, 0.4) is 0 Å². The van der Waals surface area contributed by atoms with Crippen LogP contribution in [0.5, 0.6) is 0 Å². The van der Waals surface area contributed by atoms with Crippen molar-refractivity contribution in [3.05, 3.63) is 58.6 Å². The summed E-state index contributed by atoms with van der Waals surface area (Å²) in [7, 11) is 2.00. The molecular formula is C12H10BNO2. The number of rotatable bonds is 2. The van der Waals surface area contributed by atoms with Gasteiger partial charge in [-0.2, -0.15) is 0 Å². The quantitative estimate of drug-likeness (QED) is 0.429. The molecule has 0 radical (unpaired) electrons. The third-order valence-electron chi connectivity index (χ3n) is 2.41. The van der Waals surface area contributed by atoms with Gasteiger partial charge in [-0.15, -0.1) is 0 Å². The van der Waals surface area contributed by atoms with Gasteiger partial charge in [0, 0.05) is 12.1 Å². The second kappa shape index (κ2) is 4.19. The van der Waals surface area contributed by atoms with Gasteiger partial charge >= 0.3 is 0 Å². The van der Waals surface area contributed by atoms with Crippen molar-refractivity contribution < 1.29 is 4.92 Å². The molecule has 2 aromatic rings. The minimum Gasteiger partial charge on any atom is -0.258 e. The van der Waals surface area contributed by atoms with E-state index in [1.54, 1.807) is 12.1 Å². The molecule has 0 aliphatic rings. The van der Waals surface area contributed by atoms with Crippen molar-refractivity contribution in [1.82, 2.24) is 0 Å². The molecule has 78 valence electrons. The summed E-state index contributed by atoms with van der Waals surface area (Å²) in [5.74, 6) is 0. The molecule has 0 saturated heterocycles. The molecule has 0 spiro atoms. The van der Waals surface area contributed by atoms with E-state index in [9.17, 15) is 10.1 Å². The lowest BCUT2D eigenvalue weighted by Crippen LogP contribution is -2.00. The lowest BCUT2D eigenvalue weighted by atomic mass is 9.92. The Kier molecular flexibility index (Phi) is 2.73. The van der Waals surface area contributed by atoms with Crippen LogP contribution in [0.15, 0.2) is 48.5 Å². The standard InChI is InChI=1S/C12H10BNO2/c13-11-5-1-3-9(7-11)10-4-2-6-12(8-10)14(15)16/h1-8H,13H2. The SMILES string of the molecule is Bc1cccc(-c2cccc([N+](=O)[O-])c2)c1. The fraction of sp³-hybridized carbons (Fsp3) is 0. The minimum atomic E-state index is -0.376. The zero-order valence-electron chi connectivity index (χ0n) is 8.88. The Bertz CT molecular complexity index is 540. The molecule has 2 aromatic carbocycles. The average Bonchev–Trinajstić information content (AvgIpc) is 2.29. The third kappa shape index (κ3) is 2.11. The van der Waals surface area contributed by atoms with E-state index in [-0.39, 0.29) is 10.6 Å². The molecule has 16 heavy (non-hydrogen) atoms. The molecule has 3 nitrogen and oxygen atoms in total. The molecule has 0 aliphatic carbocycles. The highest BCUT2D eigenvalue weighted by atomic mass is 16.6. The van der Waals surface area contributed by atoms with E-state index in [1.807, 2.05) is 38.2 Å². The minimum absolute atomic E-state index is 0.124. The fourth-order valence-electron chi connectivity index (χ4n) is 1.62. The zero-order chi connectivity index (χ0) is 11.5. The molecule has 0 saturated carbocycles. The van der Waals surface area contributed by atoms with Crippen molar-refractivity contribution in [3.63, 3.8) is 0 Å². The van der Waals surface area contributed by atoms with Crippen molar-refractivity contribution in [1.29, 1.82) is 0 Å². The van der Waals surface area contributed by atoms with E-state index in [4.69, 9.17) is 0 Å². The predicted octanol–water partition coefficient (Wildman–Crippen LogP) is 1.52. The molecule has 0 aliphatic heterocycles. The van der Waals surface area contributed by atoms with Crippen LogP contribution in [0, 0.1) is 10.1 Å². The highest BCUT2D eigenvalue weighted by Gasteiger charge is 2.06. The van der Waals surface area contributed by atoms with Crippen LogP contribution >= 0.6 is 0 Å². The van der Waals surface area contributed by atoms with Gasteiger partial charge in [0.15, 0.2) is 0 Å². The van der Waals surface area contributed by atoms with Crippen LogP contribution in [0.4, 0.5) is 5.69 Å². The van der Waals surface area contributed by atoms with Gasteiger partial charge in [-0.25, -0.2) is 0 Å². The Labute approximate surface area is 94.3 Å². The van der Waals surface area contributed by atoms with E-state index >= 15 is 0 Å². The van der Waals surface area contributed by atoms with E-state index in [0.717, 1.165) is 16.6 Å². The number of hydrogen-bond donors (Lipinski definition) is 0. The summed E-state index contributed by atoms with van der Waals surface area (Å²) >= 11 is 0.